The molecule has 1 saturated heterocycles. The Balaban J connectivity index is 2.28. The third-order valence-electron chi connectivity index (χ3n) is 3.02. The van der Waals surface area contributed by atoms with Gasteiger partial charge >= 0.3 is 0 Å². The lowest BCUT2D eigenvalue weighted by molar-refractivity contribution is 0.0838. The zero-order chi connectivity index (χ0) is 11.8. The van der Waals surface area contributed by atoms with Gasteiger partial charge in [0.25, 0.3) is 0 Å². The molecule has 0 amide bonds. The van der Waals surface area contributed by atoms with E-state index in [9.17, 15) is 10.2 Å². The molecule has 1 unspecified atom stereocenters. The molecule has 2 rings (SSSR count). The summed E-state index contributed by atoms with van der Waals surface area (Å²) in [7, 11) is 0. The van der Waals surface area contributed by atoms with Crippen molar-refractivity contribution in [2.75, 3.05) is 18.0 Å². The lowest BCUT2D eigenvalue weighted by atomic mass is 10.1. The molecular formula is C12H18N2O2. The van der Waals surface area contributed by atoms with E-state index in [1.807, 2.05) is 24.0 Å². The van der Waals surface area contributed by atoms with Gasteiger partial charge in [0.1, 0.15) is 5.82 Å². The molecule has 0 saturated carbocycles. The Labute approximate surface area is 95.5 Å². The van der Waals surface area contributed by atoms with Gasteiger partial charge < -0.3 is 15.1 Å². The van der Waals surface area contributed by atoms with Gasteiger partial charge in [-0.15, -0.1) is 0 Å². The average Bonchev–Trinajstić information content (AvgIpc) is 2.59. The van der Waals surface area contributed by atoms with E-state index in [0.29, 0.717) is 6.54 Å². The van der Waals surface area contributed by atoms with Crippen LogP contribution in [0.15, 0.2) is 18.3 Å². The SMILES string of the molecule is C[C@H](O)c1cccnc1N1CCC(C)(O)C1. The molecule has 88 valence electrons. The van der Waals surface area contributed by atoms with Gasteiger partial charge in [-0.1, -0.05) is 6.07 Å². The topological polar surface area (TPSA) is 56.6 Å². The van der Waals surface area contributed by atoms with E-state index in [1.165, 1.54) is 0 Å². The predicted octanol–water partition coefficient (Wildman–Crippen LogP) is 1.10. The molecule has 16 heavy (non-hydrogen) atoms. The van der Waals surface area contributed by atoms with Crippen LogP contribution in [-0.4, -0.2) is 33.9 Å². The second kappa shape index (κ2) is 4.03. The minimum absolute atomic E-state index is 0.533. The van der Waals surface area contributed by atoms with Crippen LogP contribution in [0.2, 0.25) is 0 Å². The van der Waals surface area contributed by atoms with Crippen LogP contribution in [0.5, 0.6) is 0 Å². The maximum atomic E-state index is 9.92. The standard InChI is InChI=1S/C12H18N2O2/c1-9(15)10-4-3-6-13-11(10)14-7-5-12(2,16)8-14/h3-4,6,9,15-16H,5,7-8H2,1-2H3/t9-,12?/m0/s1. The number of aromatic nitrogens is 1. The molecule has 4 heteroatoms. The number of pyridine rings is 1. The summed E-state index contributed by atoms with van der Waals surface area (Å²) in [4.78, 5) is 6.33. The lowest BCUT2D eigenvalue weighted by Gasteiger charge is -2.23. The Morgan fingerprint density at radius 2 is 2.31 bits per heavy atom. The zero-order valence-corrected chi connectivity index (χ0v) is 9.72. The molecule has 1 aliphatic rings. The summed E-state index contributed by atoms with van der Waals surface area (Å²) in [6, 6.07) is 3.69. The molecule has 0 aromatic carbocycles. The predicted molar refractivity (Wildman–Crippen MR) is 62.3 cm³/mol. The highest BCUT2D eigenvalue weighted by atomic mass is 16.3. The van der Waals surface area contributed by atoms with Crippen molar-refractivity contribution in [3.8, 4) is 0 Å². The van der Waals surface area contributed by atoms with Crippen molar-refractivity contribution < 1.29 is 10.2 Å². The molecule has 0 bridgehead atoms. The van der Waals surface area contributed by atoms with Gasteiger partial charge in [0.05, 0.1) is 11.7 Å². The van der Waals surface area contributed by atoms with Gasteiger partial charge in [0.15, 0.2) is 0 Å². The van der Waals surface area contributed by atoms with E-state index >= 15 is 0 Å². The highest BCUT2D eigenvalue weighted by Crippen LogP contribution is 2.29. The van der Waals surface area contributed by atoms with Gasteiger partial charge in [-0.2, -0.15) is 0 Å². The summed E-state index contributed by atoms with van der Waals surface area (Å²) in [6.07, 6.45) is 1.92. The summed E-state index contributed by atoms with van der Waals surface area (Å²) in [6.45, 7) is 4.92. The van der Waals surface area contributed by atoms with Crippen LogP contribution in [0.3, 0.4) is 0 Å². The van der Waals surface area contributed by atoms with Gasteiger partial charge in [-0.05, 0) is 26.3 Å². The highest BCUT2D eigenvalue weighted by Gasteiger charge is 2.33. The number of aliphatic hydroxyl groups excluding tert-OH is 1. The second-order valence-corrected chi connectivity index (χ2v) is 4.76. The van der Waals surface area contributed by atoms with Crippen LogP contribution in [0.1, 0.15) is 31.9 Å². The number of hydrogen-bond acceptors (Lipinski definition) is 4. The van der Waals surface area contributed by atoms with Gasteiger partial charge in [-0.3, -0.25) is 0 Å². The first-order valence-electron chi connectivity index (χ1n) is 5.60. The van der Waals surface area contributed by atoms with E-state index in [0.717, 1.165) is 24.3 Å². The third-order valence-corrected chi connectivity index (χ3v) is 3.02. The zero-order valence-electron chi connectivity index (χ0n) is 9.72. The Morgan fingerprint density at radius 1 is 1.56 bits per heavy atom. The molecule has 2 atom stereocenters. The van der Waals surface area contributed by atoms with E-state index in [2.05, 4.69) is 4.98 Å². The van der Waals surface area contributed by atoms with Crippen molar-refractivity contribution in [1.29, 1.82) is 0 Å². The van der Waals surface area contributed by atoms with Crippen molar-refractivity contribution in [2.45, 2.75) is 32.0 Å². The summed E-state index contributed by atoms with van der Waals surface area (Å²) in [5, 5.41) is 19.6. The van der Waals surface area contributed by atoms with E-state index in [1.54, 1.807) is 13.1 Å². The lowest BCUT2D eigenvalue weighted by Crippen LogP contribution is -2.30. The van der Waals surface area contributed by atoms with Crippen molar-refractivity contribution in [3.63, 3.8) is 0 Å². The van der Waals surface area contributed by atoms with Crippen molar-refractivity contribution in [3.05, 3.63) is 23.9 Å². The number of anilines is 1. The summed E-state index contributed by atoms with van der Waals surface area (Å²) >= 11 is 0. The second-order valence-electron chi connectivity index (χ2n) is 4.76. The fourth-order valence-electron chi connectivity index (χ4n) is 2.13. The summed E-state index contributed by atoms with van der Waals surface area (Å²) < 4.78 is 0. The molecule has 2 N–H and O–H groups in total. The van der Waals surface area contributed by atoms with Crippen molar-refractivity contribution in [2.24, 2.45) is 0 Å². The Hall–Kier alpha value is -1.13. The monoisotopic (exact) mass is 222 g/mol. The number of hydrogen-bond donors (Lipinski definition) is 2. The molecule has 0 spiro atoms. The normalized spacial score (nSPS) is 27.1. The Kier molecular flexibility index (Phi) is 2.86. The van der Waals surface area contributed by atoms with Crippen LogP contribution in [0.25, 0.3) is 0 Å². The third kappa shape index (κ3) is 2.18. The quantitative estimate of drug-likeness (QED) is 0.786. The highest BCUT2D eigenvalue weighted by molar-refractivity contribution is 5.49. The van der Waals surface area contributed by atoms with Crippen molar-refractivity contribution in [1.82, 2.24) is 4.98 Å². The average molecular weight is 222 g/mol. The maximum absolute atomic E-state index is 9.92. The van der Waals surface area contributed by atoms with Gasteiger partial charge in [0.2, 0.25) is 0 Å². The smallest absolute Gasteiger partial charge is 0.134 e. The van der Waals surface area contributed by atoms with Crippen LogP contribution in [0.4, 0.5) is 5.82 Å². The number of β-amino-alcohol motifs (C(OH)–C–C–N with tert-alkyl or cyclic N) is 1. The molecule has 1 fully saturated rings. The van der Waals surface area contributed by atoms with Crippen LogP contribution < -0.4 is 4.90 Å². The number of nitrogens with zero attached hydrogens (tertiary/aromatic N) is 2. The molecule has 1 aliphatic heterocycles. The first-order chi connectivity index (χ1) is 7.49. The largest absolute Gasteiger partial charge is 0.389 e. The van der Waals surface area contributed by atoms with Crippen LogP contribution in [-0.2, 0) is 0 Å². The van der Waals surface area contributed by atoms with E-state index in [4.69, 9.17) is 0 Å². The van der Waals surface area contributed by atoms with E-state index in [-0.39, 0.29) is 0 Å². The molecule has 0 radical (unpaired) electrons. The van der Waals surface area contributed by atoms with Crippen LogP contribution >= 0.6 is 0 Å². The minimum Gasteiger partial charge on any atom is -0.389 e. The summed E-state index contributed by atoms with van der Waals surface area (Å²) in [5.41, 5.74) is 0.174. The van der Waals surface area contributed by atoms with Crippen molar-refractivity contribution >= 4 is 5.82 Å². The first-order valence-corrected chi connectivity index (χ1v) is 5.60. The molecular weight excluding hydrogens is 204 g/mol. The fourth-order valence-corrected chi connectivity index (χ4v) is 2.13. The first kappa shape index (κ1) is 11.4. The molecule has 0 aliphatic carbocycles. The van der Waals surface area contributed by atoms with Crippen LogP contribution in [0, 0.1) is 0 Å². The number of aliphatic hydroxyl groups is 2. The molecule has 1 aromatic rings. The van der Waals surface area contributed by atoms with E-state index < -0.39 is 11.7 Å². The minimum atomic E-state index is -0.645. The molecule has 4 nitrogen and oxygen atoms in total. The molecule has 1 aromatic heterocycles. The molecule has 2 heterocycles. The Morgan fingerprint density at radius 3 is 2.88 bits per heavy atom. The maximum Gasteiger partial charge on any atom is 0.134 e. The van der Waals surface area contributed by atoms with Gasteiger partial charge in [-0.25, -0.2) is 4.98 Å². The summed E-state index contributed by atoms with van der Waals surface area (Å²) in [5.74, 6) is 0.787. The van der Waals surface area contributed by atoms with Gasteiger partial charge in [0, 0.05) is 24.8 Å². The fraction of sp³-hybridized carbons (Fsp3) is 0.583. The Bertz CT molecular complexity index is 377. The number of rotatable bonds is 2.